The lowest BCUT2D eigenvalue weighted by Crippen LogP contribution is -1.96. The first kappa shape index (κ1) is 4.62. The van der Waals surface area contributed by atoms with E-state index in [-0.39, 0.29) is 5.37 Å². The summed E-state index contributed by atoms with van der Waals surface area (Å²) in [4.78, 5) is 12.9. The van der Waals surface area contributed by atoms with Crippen molar-refractivity contribution < 1.29 is 4.79 Å². The summed E-state index contributed by atoms with van der Waals surface area (Å²) in [6.45, 7) is 0. The predicted molar refractivity (Wildman–Crippen MR) is 28.6 cm³/mol. The second kappa shape index (κ2) is 1.96. The molecule has 1 rings (SSSR count). The molecule has 0 aromatic heterocycles. The highest BCUT2D eigenvalue weighted by molar-refractivity contribution is 8.04. The first-order valence-electron chi connectivity index (χ1n) is 1.82. The Labute approximate surface area is 45.3 Å². The molecule has 0 aliphatic carbocycles. The fraction of sp³-hybridized carbons (Fsp3) is 0.250. The lowest BCUT2D eigenvalue weighted by molar-refractivity contribution is 0.563. The van der Waals surface area contributed by atoms with E-state index >= 15 is 0 Å². The highest BCUT2D eigenvalue weighted by Gasteiger charge is 2.06. The zero-order valence-corrected chi connectivity index (χ0v) is 4.31. The molecule has 1 aliphatic heterocycles. The molecular weight excluding hydrogens is 110 g/mol. The van der Waals surface area contributed by atoms with Crippen LogP contribution in [0.25, 0.3) is 0 Å². The van der Waals surface area contributed by atoms with Gasteiger partial charge in [0.25, 0.3) is 0 Å². The molecule has 3 heteroatoms. The van der Waals surface area contributed by atoms with E-state index in [0.29, 0.717) is 0 Å². The van der Waals surface area contributed by atoms with E-state index in [1.807, 2.05) is 11.5 Å². The molecule has 2 nitrogen and oxygen atoms in total. The van der Waals surface area contributed by atoms with E-state index in [0.717, 1.165) is 0 Å². The second-order valence-electron chi connectivity index (χ2n) is 1.08. The molecule has 0 fully saturated rings. The van der Waals surface area contributed by atoms with Gasteiger partial charge in [0, 0.05) is 0 Å². The van der Waals surface area contributed by atoms with Crippen LogP contribution in [0.2, 0.25) is 0 Å². The number of nitrogens with zero attached hydrogens (tertiary/aromatic N) is 1. The summed E-state index contributed by atoms with van der Waals surface area (Å²) in [5, 5.41) is 1.96. The predicted octanol–water partition coefficient (Wildman–Crippen LogP) is 0.909. The van der Waals surface area contributed by atoms with E-state index in [4.69, 9.17) is 0 Å². The minimum absolute atomic E-state index is 0.0671. The van der Waals surface area contributed by atoms with Crippen LogP contribution in [0.3, 0.4) is 0 Å². The Balaban J connectivity index is 2.44. The third-order valence-corrected chi connectivity index (χ3v) is 1.50. The lowest BCUT2D eigenvalue weighted by atomic mass is 10.6. The molecule has 0 N–H and O–H groups in total. The standard InChI is InChI=1S/C4H3NOS/c6-3-5-4-1-2-7-4/h1-2,4H. The van der Waals surface area contributed by atoms with E-state index in [1.54, 1.807) is 0 Å². The first-order chi connectivity index (χ1) is 3.43. The minimum Gasteiger partial charge on any atom is -0.211 e. The first-order valence-corrected chi connectivity index (χ1v) is 2.77. The van der Waals surface area contributed by atoms with Gasteiger partial charge in [-0.05, 0) is 11.5 Å². The van der Waals surface area contributed by atoms with Crippen molar-refractivity contribution in [1.82, 2.24) is 0 Å². The van der Waals surface area contributed by atoms with E-state index in [2.05, 4.69) is 4.99 Å². The summed E-state index contributed by atoms with van der Waals surface area (Å²) >= 11 is 1.52. The number of carbonyl (C=O) groups excluding carboxylic acids is 1. The molecule has 0 radical (unpaired) electrons. The van der Waals surface area contributed by atoms with Gasteiger partial charge >= 0.3 is 0 Å². The molecule has 0 bridgehead atoms. The fourth-order valence-corrected chi connectivity index (χ4v) is 0.676. The molecule has 0 saturated carbocycles. The number of aliphatic imine (C=N–C) groups is 1. The zero-order chi connectivity index (χ0) is 5.11. The molecule has 7 heavy (non-hydrogen) atoms. The maximum absolute atomic E-state index is 9.47. The smallest absolute Gasteiger partial charge is 0.211 e. The van der Waals surface area contributed by atoms with Crippen molar-refractivity contribution >= 4 is 17.8 Å². The quantitative estimate of drug-likeness (QED) is 0.373. The number of hydrogen-bond acceptors (Lipinski definition) is 3. The Hall–Kier alpha value is -0.530. The van der Waals surface area contributed by atoms with Crippen LogP contribution in [-0.4, -0.2) is 11.5 Å². The van der Waals surface area contributed by atoms with Gasteiger partial charge in [-0.1, -0.05) is 0 Å². The molecule has 1 heterocycles. The van der Waals surface area contributed by atoms with Gasteiger partial charge in [-0.2, -0.15) is 4.99 Å². The summed E-state index contributed by atoms with van der Waals surface area (Å²) in [6, 6.07) is 0. The largest absolute Gasteiger partial charge is 0.236 e. The van der Waals surface area contributed by atoms with Crippen LogP contribution in [0.5, 0.6) is 0 Å². The molecule has 0 spiro atoms. The fourth-order valence-electron chi connectivity index (χ4n) is 0.274. The highest BCUT2D eigenvalue weighted by Crippen LogP contribution is 2.24. The molecule has 1 atom stereocenters. The van der Waals surface area contributed by atoms with Crippen molar-refractivity contribution in [2.24, 2.45) is 4.99 Å². The van der Waals surface area contributed by atoms with E-state index in [9.17, 15) is 4.79 Å². The molecule has 36 valence electrons. The zero-order valence-electron chi connectivity index (χ0n) is 3.50. The molecule has 1 aliphatic rings. The molecule has 0 saturated heterocycles. The Morgan fingerprint density at radius 1 is 1.86 bits per heavy atom. The molecule has 0 amide bonds. The van der Waals surface area contributed by atoms with Crippen LogP contribution in [0.4, 0.5) is 0 Å². The van der Waals surface area contributed by atoms with Crippen LogP contribution in [0, 0.1) is 0 Å². The summed E-state index contributed by atoms with van der Waals surface area (Å²) < 4.78 is 0. The van der Waals surface area contributed by atoms with Crippen molar-refractivity contribution in [3.05, 3.63) is 11.5 Å². The van der Waals surface area contributed by atoms with Crippen molar-refractivity contribution in [2.75, 3.05) is 0 Å². The third kappa shape index (κ3) is 0.918. The maximum Gasteiger partial charge on any atom is 0.236 e. The average Bonchev–Trinajstić information content (AvgIpc) is 1.55. The van der Waals surface area contributed by atoms with Crippen LogP contribution < -0.4 is 0 Å². The normalized spacial score (nSPS) is 25.4. The van der Waals surface area contributed by atoms with Gasteiger partial charge in [-0.15, -0.1) is 11.8 Å². The maximum atomic E-state index is 9.47. The van der Waals surface area contributed by atoms with E-state index in [1.165, 1.54) is 17.8 Å². The van der Waals surface area contributed by atoms with Crippen LogP contribution in [0.15, 0.2) is 16.5 Å². The van der Waals surface area contributed by atoms with Crippen molar-refractivity contribution in [2.45, 2.75) is 5.37 Å². The summed E-state index contributed by atoms with van der Waals surface area (Å²) in [6.07, 6.45) is 3.32. The SMILES string of the molecule is O=C=NC1C=CS1. The number of thioether (sulfide) groups is 1. The van der Waals surface area contributed by atoms with Gasteiger partial charge in [-0.25, -0.2) is 4.79 Å². The lowest BCUT2D eigenvalue weighted by Gasteiger charge is -2.06. The molecular formula is C4H3NOS. The van der Waals surface area contributed by atoms with Crippen molar-refractivity contribution in [1.29, 1.82) is 0 Å². The van der Waals surface area contributed by atoms with Crippen LogP contribution in [0.1, 0.15) is 0 Å². The summed E-state index contributed by atoms with van der Waals surface area (Å²) in [5.41, 5.74) is 0. The van der Waals surface area contributed by atoms with Gasteiger partial charge in [0.2, 0.25) is 6.08 Å². The Bertz CT molecular complexity index is 137. The summed E-state index contributed by atoms with van der Waals surface area (Å²) in [7, 11) is 0. The second-order valence-corrected chi connectivity index (χ2v) is 2.10. The Kier molecular flexibility index (Phi) is 1.29. The van der Waals surface area contributed by atoms with Gasteiger partial charge < -0.3 is 0 Å². The molecule has 1 unspecified atom stereocenters. The number of hydrogen-bond donors (Lipinski definition) is 0. The molecule has 0 aromatic rings. The topological polar surface area (TPSA) is 29.4 Å². The monoisotopic (exact) mass is 113 g/mol. The minimum atomic E-state index is 0.0671. The van der Waals surface area contributed by atoms with Crippen LogP contribution >= 0.6 is 11.8 Å². The van der Waals surface area contributed by atoms with Crippen molar-refractivity contribution in [3.8, 4) is 0 Å². The van der Waals surface area contributed by atoms with Gasteiger partial charge in [-0.3, -0.25) is 0 Å². The molecule has 0 aromatic carbocycles. The number of isocyanates is 1. The van der Waals surface area contributed by atoms with Gasteiger partial charge in [0.15, 0.2) is 0 Å². The number of rotatable bonds is 1. The van der Waals surface area contributed by atoms with Crippen LogP contribution in [-0.2, 0) is 4.79 Å². The van der Waals surface area contributed by atoms with Gasteiger partial charge in [0.1, 0.15) is 5.37 Å². The summed E-state index contributed by atoms with van der Waals surface area (Å²) in [5.74, 6) is 0. The Morgan fingerprint density at radius 3 is 2.71 bits per heavy atom. The third-order valence-electron chi connectivity index (χ3n) is 0.641. The van der Waals surface area contributed by atoms with Crippen molar-refractivity contribution in [3.63, 3.8) is 0 Å². The average molecular weight is 113 g/mol. The van der Waals surface area contributed by atoms with Gasteiger partial charge in [0.05, 0.1) is 0 Å². The van der Waals surface area contributed by atoms with E-state index < -0.39 is 0 Å². The Morgan fingerprint density at radius 2 is 2.57 bits per heavy atom. The highest BCUT2D eigenvalue weighted by atomic mass is 32.2.